The number of carbonyl (C=O) groups excluding carboxylic acids is 1. The molecule has 1 aliphatic rings. The summed E-state index contributed by atoms with van der Waals surface area (Å²) in [5.74, 6) is -0.742. The van der Waals surface area contributed by atoms with Crippen LogP contribution in [0.1, 0.15) is 15.9 Å². The van der Waals surface area contributed by atoms with Gasteiger partial charge in [-0.1, -0.05) is 0 Å². The van der Waals surface area contributed by atoms with Gasteiger partial charge in [-0.3, -0.25) is 4.79 Å². The van der Waals surface area contributed by atoms with Crippen molar-refractivity contribution in [2.45, 2.75) is 4.90 Å². The standard InChI is InChI=1S/C24H17FN2O5S/c1-31-20-9-5-16(11-21(20)32-2)24(28)23-14-27(18-7-3-15(13-26)4-8-18)19-12-17(25)6-10-22(19)33(23,29)30/h3-12,14H,1-2H3. The molecule has 0 fully saturated rings. The summed E-state index contributed by atoms with van der Waals surface area (Å²) in [6.45, 7) is 0. The number of benzene rings is 3. The molecule has 3 aromatic carbocycles. The fourth-order valence-corrected chi connectivity index (χ4v) is 5.01. The van der Waals surface area contributed by atoms with Crippen LogP contribution < -0.4 is 14.4 Å². The summed E-state index contributed by atoms with van der Waals surface area (Å²) in [5.41, 5.74) is 0.984. The molecule has 0 spiro atoms. The summed E-state index contributed by atoms with van der Waals surface area (Å²) in [6.07, 6.45) is 1.16. The minimum absolute atomic E-state index is 0.0589. The summed E-state index contributed by atoms with van der Waals surface area (Å²) < 4.78 is 51.1. The predicted octanol–water partition coefficient (Wildman–Crippen LogP) is 4.36. The normalized spacial score (nSPS) is 14.0. The van der Waals surface area contributed by atoms with Crippen molar-refractivity contribution in [1.29, 1.82) is 5.26 Å². The van der Waals surface area contributed by atoms with Gasteiger partial charge in [0, 0.05) is 17.5 Å². The number of ketones is 1. The Balaban J connectivity index is 1.90. The van der Waals surface area contributed by atoms with E-state index in [0.717, 1.165) is 24.4 Å². The molecule has 0 amide bonds. The van der Waals surface area contributed by atoms with Crippen molar-refractivity contribution in [3.63, 3.8) is 0 Å². The van der Waals surface area contributed by atoms with Crippen molar-refractivity contribution in [1.82, 2.24) is 0 Å². The number of ether oxygens (including phenoxy) is 2. The lowest BCUT2D eigenvalue weighted by Gasteiger charge is -2.29. The molecule has 1 aliphatic heterocycles. The molecule has 0 saturated carbocycles. The number of Topliss-reactive ketones (excluding diaryl/α,β-unsaturated/α-hetero) is 1. The Morgan fingerprint density at radius 1 is 0.970 bits per heavy atom. The van der Waals surface area contributed by atoms with Crippen LogP contribution in [0.4, 0.5) is 15.8 Å². The zero-order valence-corrected chi connectivity index (χ0v) is 18.4. The Morgan fingerprint density at radius 2 is 1.67 bits per heavy atom. The van der Waals surface area contributed by atoms with Crippen LogP contribution >= 0.6 is 0 Å². The Labute approximate surface area is 189 Å². The first kappa shape index (κ1) is 22.0. The Kier molecular flexibility index (Phi) is 5.62. The maximum Gasteiger partial charge on any atom is 0.214 e. The van der Waals surface area contributed by atoms with E-state index in [4.69, 9.17) is 14.7 Å². The largest absolute Gasteiger partial charge is 0.493 e. The van der Waals surface area contributed by atoms with Crippen molar-refractivity contribution in [2.75, 3.05) is 19.1 Å². The lowest BCUT2D eigenvalue weighted by atomic mass is 10.1. The van der Waals surface area contributed by atoms with E-state index in [2.05, 4.69) is 0 Å². The van der Waals surface area contributed by atoms with Gasteiger partial charge < -0.3 is 14.4 Å². The zero-order valence-electron chi connectivity index (χ0n) is 17.6. The molecule has 9 heteroatoms. The highest BCUT2D eigenvalue weighted by Crippen LogP contribution is 2.41. The molecule has 0 radical (unpaired) electrons. The van der Waals surface area contributed by atoms with Crippen molar-refractivity contribution in [3.05, 3.63) is 88.7 Å². The van der Waals surface area contributed by atoms with E-state index in [9.17, 15) is 17.6 Å². The lowest BCUT2D eigenvalue weighted by molar-refractivity contribution is 0.104. The molecule has 33 heavy (non-hydrogen) atoms. The minimum atomic E-state index is -4.26. The topological polar surface area (TPSA) is 96.7 Å². The number of halogens is 1. The quantitative estimate of drug-likeness (QED) is 0.409. The number of methoxy groups -OCH3 is 2. The third kappa shape index (κ3) is 3.81. The molecule has 0 aliphatic carbocycles. The van der Waals surface area contributed by atoms with Crippen LogP contribution in [0.25, 0.3) is 0 Å². The SMILES string of the molecule is COc1ccc(C(=O)C2=CN(c3ccc(C#N)cc3)c3cc(F)ccc3S2(=O)=O)cc1OC. The Bertz CT molecular complexity index is 1440. The van der Waals surface area contributed by atoms with E-state index in [1.165, 1.54) is 37.3 Å². The van der Waals surface area contributed by atoms with Gasteiger partial charge in [-0.25, -0.2) is 12.8 Å². The third-order valence-corrected chi connectivity index (χ3v) is 6.94. The highest BCUT2D eigenvalue weighted by molar-refractivity contribution is 7.96. The zero-order chi connectivity index (χ0) is 23.8. The number of hydrogen-bond donors (Lipinski definition) is 0. The van der Waals surface area contributed by atoms with E-state index in [1.807, 2.05) is 6.07 Å². The molecule has 4 rings (SSSR count). The highest BCUT2D eigenvalue weighted by atomic mass is 32.2. The molecule has 0 atom stereocenters. The van der Waals surface area contributed by atoms with Gasteiger partial charge in [-0.2, -0.15) is 5.26 Å². The van der Waals surface area contributed by atoms with Gasteiger partial charge in [-0.05, 0) is 60.7 Å². The number of allylic oxidation sites excluding steroid dienone is 1. The van der Waals surface area contributed by atoms with Crippen LogP contribution in [0, 0.1) is 17.1 Å². The first-order valence-electron chi connectivity index (χ1n) is 9.62. The maximum absolute atomic E-state index is 14.1. The average Bonchev–Trinajstić information content (AvgIpc) is 2.83. The first-order valence-corrected chi connectivity index (χ1v) is 11.1. The van der Waals surface area contributed by atoms with E-state index < -0.39 is 26.3 Å². The van der Waals surface area contributed by atoms with Crippen LogP contribution in [-0.4, -0.2) is 28.4 Å². The number of nitrogens with zero attached hydrogens (tertiary/aromatic N) is 2. The molecule has 0 N–H and O–H groups in total. The van der Waals surface area contributed by atoms with Crippen molar-refractivity contribution < 1.29 is 27.1 Å². The fraction of sp³-hybridized carbons (Fsp3) is 0.0833. The summed E-state index contributed by atoms with van der Waals surface area (Å²) in [5, 5.41) is 9.05. The van der Waals surface area contributed by atoms with Crippen LogP contribution in [0.2, 0.25) is 0 Å². The van der Waals surface area contributed by atoms with Gasteiger partial charge >= 0.3 is 0 Å². The van der Waals surface area contributed by atoms with Crippen molar-refractivity contribution in [3.8, 4) is 17.6 Å². The maximum atomic E-state index is 14.1. The smallest absolute Gasteiger partial charge is 0.214 e. The number of nitriles is 1. The Hall–Kier alpha value is -4.16. The molecule has 1 heterocycles. The number of carbonyl (C=O) groups is 1. The molecule has 166 valence electrons. The van der Waals surface area contributed by atoms with Crippen molar-refractivity contribution >= 4 is 27.0 Å². The van der Waals surface area contributed by atoms with Crippen LogP contribution in [0.3, 0.4) is 0 Å². The molecule has 0 saturated heterocycles. The number of anilines is 2. The van der Waals surface area contributed by atoms with Gasteiger partial charge in [0.1, 0.15) is 10.7 Å². The van der Waals surface area contributed by atoms with Gasteiger partial charge in [0.05, 0.1) is 36.4 Å². The van der Waals surface area contributed by atoms with Crippen LogP contribution in [0.5, 0.6) is 11.5 Å². The van der Waals surface area contributed by atoms with E-state index in [0.29, 0.717) is 17.0 Å². The van der Waals surface area contributed by atoms with E-state index >= 15 is 0 Å². The minimum Gasteiger partial charge on any atom is -0.493 e. The number of rotatable bonds is 5. The van der Waals surface area contributed by atoms with Gasteiger partial charge in [0.2, 0.25) is 15.6 Å². The van der Waals surface area contributed by atoms with E-state index in [-0.39, 0.29) is 21.9 Å². The highest BCUT2D eigenvalue weighted by Gasteiger charge is 2.36. The average molecular weight is 464 g/mol. The second-order valence-corrected chi connectivity index (χ2v) is 8.92. The molecule has 0 aromatic heterocycles. The number of fused-ring (bicyclic) bond motifs is 1. The molecular weight excluding hydrogens is 447 g/mol. The molecule has 0 bridgehead atoms. The number of sulfone groups is 1. The second kappa shape index (κ2) is 8.41. The van der Waals surface area contributed by atoms with Gasteiger partial charge in [0.15, 0.2) is 11.5 Å². The van der Waals surface area contributed by atoms with Crippen molar-refractivity contribution in [2.24, 2.45) is 0 Å². The van der Waals surface area contributed by atoms with Gasteiger partial charge in [0.25, 0.3) is 0 Å². The summed E-state index contributed by atoms with van der Waals surface area (Å²) in [7, 11) is -1.41. The molecule has 7 nitrogen and oxygen atoms in total. The second-order valence-electron chi connectivity index (χ2n) is 7.04. The molecule has 0 unspecified atom stereocenters. The predicted molar refractivity (Wildman–Crippen MR) is 119 cm³/mol. The first-order chi connectivity index (χ1) is 15.8. The summed E-state index contributed by atoms with van der Waals surface area (Å²) in [4.78, 5) is 14.1. The molecule has 3 aromatic rings. The lowest BCUT2D eigenvalue weighted by Crippen LogP contribution is -2.26. The Morgan fingerprint density at radius 3 is 2.30 bits per heavy atom. The molecular formula is C24H17FN2O5S. The monoisotopic (exact) mass is 464 g/mol. The van der Waals surface area contributed by atoms with Crippen LogP contribution in [0.15, 0.2) is 76.7 Å². The third-order valence-electron chi connectivity index (χ3n) is 5.15. The number of hydrogen-bond acceptors (Lipinski definition) is 7. The van der Waals surface area contributed by atoms with E-state index in [1.54, 1.807) is 24.3 Å². The van der Waals surface area contributed by atoms with Gasteiger partial charge in [-0.15, -0.1) is 0 Å². The van der Waals surface area contributed by atoms with Crippen LogP contribution in [-0.2, 0) is 9.84 Å². The summed E-state index contributed by atoms with van der Waals surface area (Å²) >= 11 is 0. The summed E-state index contributed by atoms with van der Waals surface area (Å²) in [6, 6.07) is 15.8. The fourth-order valence-electron chi connectivity index (χ4n) is 3.49.